The quantitative estimate of drug-likeness (QED) is 0.825. The van der Waals surface area contributed by atoms with Crippen molar-refractivity contribution >= 4 is 17.4 Å². The summed E-state index contributed by atoms with van der Waals surface area (Å²) in [5.41, 5.74) is 1.79. The van der Waals surface area contributed by atoms with Gasteiger partial charge in [0, 0.05) is 24.7 Å². The van der Waals surface area contributed by atoms with E-state index in [1.54, 1.807) is 23.2 Å². The Hall–Kier alpha value is -2.43. The van der Waals surface area contributed by atoms with Crippen LogP contribution in [0.4, 0.5) is 5.69 Å². The first-order chi connectivity index (χ1) is 8.77. The van der Waals surface area contributed by atoms with Crippen molar-refractivity contribution < 1.29 is 9.59 Å². The maximum Gasteiger partial charge on any atom is 0.261 e. The van der Waals surface area contributed by atoms with E-state index in [-0.39, 0.29) is 11.7 Å². The number of anilines is 1. The number of H-pyrrole nitrogens is 1. The lowest BCUT2D eigenvalue weighted by Gasteiger charge is -2.28. The number of benzene rings is 1. The lowest BCUT2D eigenvalue weighted by molar-refractivity contribution is 0.0955. The number of hydrogen-bond donors (Lipinski definition) is 1. The number of para-hydroxylation sites is 1. The van der Waals surface area contributed by atoms with E-state index < -0.39 is 0 Å². The van der Waals surface area contributed by atoms with Crippen molar-refractivity contribution in [3.8, 4) is 0 Å². The molecule has 0 spiro atoms. The van der Waals surface area contributed by atoms with Crippen LogP contribution in [0.3, 0.4) is 0 Å². The molecule has 2 heterocycles. The monoisotopic (exact) mass is 241 g/mol. The van der Waals surface area contributed by atoms with Gasteiger partial charge in [-0.3, -0.25) is 14.7 Å². The zero-order valence-corrected chi connectivity index (χ0v) is 9.59. The molecule has 0 fully saturated rings. The Morgan fingerprint density at radius 1 is 1.33 bits per heavy atom. The molecule has 0 atom stereocenters. The van der Waals surface area contributed by atoms with Gasteiger partial charge in [-0.25, -0.2) is 0 Å². The summed E-state index contributed by atoms with van der Waals surface area (Å²) in [5.74, 6) is -0.0504. The average Bonchev–Trinajstić information content (AvgIpc) is 2.93. The highest BCUT2D eigenvalue weighted by Gasteiger charge is 2.27. The number of carbonyl (C=O) groups is 2. The maximum absolute atomic E-state index is 12.3. The van der Waals surface area contributed by atoms with Crippen molar-refractivity contribution in [2.45, 2.75) is 6.42 Å². The molecule has 0 radical (unpaired) electrons. The Labute approximate surface area is 103 Å². The Kier molecular flexibility index (Phi) is 2.44. The number of aromatic amines is 1. The summed E-state index contributed by atoms with van der Waals surface area (Å²) >= 11 is 0. The SMILES string of the molecule is O=C1CCN(C(=O)c2cn[nH]c2)c2ccccc21. The van der Waals surface area contributed by atoms with E-state index in [0.717, 1.165) is 0 Å². The molecule has 1 aliphatic heterocycles. The summed E-state index contributed by atoms with van der Waals surface area (Å²) in [5, 5.41) is 6.39. The Morgan fingerprint density at radius 2 is 2.17 bits per heavy atom. The summed E-state index contributed by atoms with van der Waals surface area (Å²) < 4.78 is 0. The molecular formula is C13H11N3O2. The highest BCUT2D eigenvalue weighted by molar-refractivity contribution is 6.13. The molecule has 0 aliphatic carbocycles. The lowest BCUT2D eigenvalue weighted by atomic mass is 10.00. The minimum atomic E-state index is -0.135. The number of carbonyl (C=O) groups excluding carboxylic acids is 2. The van der Waals surface area contributed by atoms with Gasteiger partial charge >= 0.3 is 0 Å². The van der Waals surface area contributed by atoms with Gasteiger partial charge in [0.25, 0.3) is 5.91 Å². The topological polar surface area (TPSA) is 66.1 Å². The number of amides is 1. The Morgan fingerprint density at radius 3 is 2.94 bits per heavy atom. The smallest absolute Gasteiger partial charge is 0.261 e. The number of ketones is 1. The van der Waals surface area contributed by atoms with Crippen LogP contribution in [0.25, 0.3) is 0 Å². The molecule has 2 aromatic rings. The molecule has 0 saturated heterocycles. The molecule has 0 bridgehead atoms. The van der Waals surface area contributed by atoms with E-state index in [2.05, 4.69) is 10.2 Å². The summed E-state index contributed by atoms with van der Waals surface area (Å²) in [4.78, 5) is 25.7. The summed E-state index contributed by atoms with van der Waals surface area (Å²) in [7, 11) is 0. The molecule has 0 saturated carbocycles. The summed E-state index contributed by atoms with van der Waals surface area (Å²) in [6, 6.07) is 7.19. The van der Waals surface area contributed by atoms with Gasteiger partial charge < -0.3 is 4.90 Å². The molecule has 1 N–H and O–H groups in total. The van der Waals surface area contributed by atoms with Gasteiger partial charge in [0.15, 0.2) is 5.78 Å². The number of aromatic nitrogens is 2. The molecule has 1 amide bonds. The molecule has 1 aromatic carbocycles. The fourth-order valence-corrected chi connectivity index (χ4v) is 2.15. The Balaban J connectivity index is 2.03. The molecule has 90 valence electrons. The van der Waals surface area contributed by atoms with Gasteiger partial charge in [0.2, 0.25) is 0 Å². The largest absolute Gasteiger partial charge is 0.307 e. The van der Waals surface area contributed by atoms with Crippen molar-refractivity contribution in [3.05, 3.63) is 47.8 Å². The first-order valence-corrected chi connectivity index (χ1v) is 5.70. The minimum Gasteiger partial charge on any atom is -0.307 e. The van der Waals surface area contributed by atoms with E-state index in [1.165, 1.54) is 6.20 Å². The zero-order chi connectivity index (χ0) is 12.5. The second-order valence-electron chi connectivity index (χ2n) is 4.13. The van der Waals surface area contributed by atoms with Crippen LogP contribution >= 0.6 is 0 Å². The van der Waals surface area contributed by atoms with E-state index in [9.17, 15) is 9.59 Å². The van der Waals surface area contributed by atoms with Crippen LogP contribution in [0.15, 0.2) is 36.7 Å². The van der Waals surface area contributed by atoms with Crippen molar-refractivity contribution in [2.24, 2.45) is 0 Å². The molecule has 1 aromatic heterocycles. The highest BCUT2D eigenvalue weighted by atomic mass is 16.2. The van der Waals surface area contributed by atoms with Crippen molar-refractivity contribution in [2.75, 3.05) is 11.4 Å². The van der Waals surface area contributed by atoms with Crippen LogP contribution in [0.1, 0.15) is 27.1 Å². The van der Waals surface area contributed by atoms with E-state index >= 15 is 0 Å². The molecule has 18 heavy (non-hydrogen) atoms. The number of Topliss-reactive ketones (excluding diaryl/α,β-unsaturated/α-hetero) is 1. The number of hydrogen-bond acceptors (Lipinski definition) is 3. The van der Waals surface area contributed by atoms with Gasteiger partial charge in [0.1, 0.15) is 0 Å². The van der Waals surface area contributed by atoms with E-state index in [1.807, 2.05) is 12.1 Å². The van der Waals surface area contributed by atoms with Gasteiger partial charge in [-0.2, -0.15) is 5.10 Å². The van der Waals surface area contributed by atoms with Crippen molar-refractivity contribution in [3.63, 3.8) is 0 Å². The fraction of sp³-hybridized carbons (Fsp3) is 0.154. The second kappa shape index (κ2) is 4.10. The molecule has 5 nitrogen and oxygen atoms in total. The van der Waals surface area contributed by atoms with Crippen LogP contribution in [0.5, 0.6) is 0 Å². The second-order valence-corrected chi connectivity index (χ2v) is 4.13. The predicted octanol–water partition coefficient (Wildman–Crippen LogP) is 1.64. The predicted molar refractivity (Wildman–Crippen MR) is 65.7 cm³/mol. The van der Waals surface area contributed by atoms with Crippen LogP contribution < -0.4 is 4.90 Å². The van der Waals surface area contributed by atoms with Gasteiger partial charge in [-0.15, -0.1) is 0 Å². The normalized spacial score (nSPS) is 14.4. The van der Waals surface area contributed by atoms with Crippen molar-refractivity contribution in [1.29, 1.82) is 0 Å². The fourth-order valence-electron chi connectivity index (χ4n) is 2.15. The third-order valence-corrected chi connectivity index (χ3v) is 3.05. The van der Waals surface area contributed by atoms with Gasteiger partial charge in [-0.1, -0.05) is 12.1 Å². The Bertz CT molecular complexity index is 604. The third kappa shape index (κ3) is 1.60. The van der Waals surface area contributed by atoms with E-state index in [4.69, 9.17) is 0 Å². The van der Waals surface area contributed by atoms with E-state index in [0.29, 0.717) is 29.8 Å². The third-order valence-electron chi connectivity index (χ3n) is 3.05. The zero-order valence-electron chi connectivity index (χ0n) is 9.59. The minimum absolute atomic E-state index is 0.0850. The number of nitrogens with zero attached hydrogens (tertiary/aromatic N) is 2. The maximum atomic E-state index is 12.3. The summed E-state index contributed by atoms with van der Waals surface area (Å²) in [6.07, 6.45) is 3.41. The molecule has 0 unspecified atom stereocenters. The molecular weight excluding hydrogens is 230 g/mol. The van der Waals surface area contributed by atoms with Crippen LogP contribution in [0, 0.1) is 0 Å². The molecule has 5 heteroatoms. The molecule has 1 aliphatic rings. The molecule has 3 rings (SSSR count). The average molecular weight is 241 g/mol. The first kappa shape index (κ1) is 10.7. The highest BCUT2D eigenvalue weighted by Crippen LogP contribution is 2.27. The number of rotatable bonds is 1. The van der Waals surface area contributed by atoms with Gasteiger partial charge in [0.05, 0.1) is 17.4 Å². The summed E-state index contributed by atoms with van der Waals surface area (Å²) in [6.45, 7) is 0.417. The van der Waals surface area contributed by atoms with Crippen LogP contribution in [0.2, 0.25) is 0 Å². The number of fused-ring (bicyclic) bond motifs is 1. The van der Waals surface area contributed by atoms with Crippen molar-refractivity contribution in [1.82, 2.24) is 10.2 Å². The number of nitrogens with one attached hydrogen (secondary N) is 1. The first-order valence-electron chi connectivity index (χ1n) is 5.70. The standard InChI is InChI=1S/C13H11N3O2/c17-12-5-6-16(11-4-2-1-3-10(11)12)13(18)9-7-14-15-8-9/h1-4,7-8H,5-6H2,(H,14,15). The van der Waals surface area contributed by atoms with Crippen LogP contribution in [-0.2, 0) is 0 Å². The lowest BCUT2D eigenvalue weighted by Crippen LogP contribution is -2.37. The van der Waals surface area contributed by atoms with Crippen LogP contribution in [-0.4, -0.2) is 28.4 Å². The van der Waals surface area contributed by atoms with Gasteiger partial charge in [-0.05, 0) is 12.1 Å².